The van der Waals surface area contributed by atoms with Crippen molar-refractivity contribution in [3.05, 3.63) is 59.2 Å². The minimum absolute atomic E-state index is 0.104. The normalized spacial score (nSPS) is 14.2. The van der Waals surface area contributed by atoms with E-state index in [2.05, 4.69) is 11.4 Å². The fourth-order valence-corrected chi connectivity index (χ4v) is 3.30. The molecule has 3 rings (SSSR count). The van der Waals surface area contributed by atoms with Crippen LogP contribution in [0.3, 0.4) is 0 Å². The fraction of sp³-hybridized carbons (Fsp3) is 0.409. The van der Waals surface area contributed by atoms with Gasteiger partial charge in [-0.2, -0.15) is 0 Å². The van der Waals surface area contributed by atoms with E-state index in [0.29, 0.717) is 13.2 Å². The fourth-order valence-electron chi connectivity index (χ4n) is 3.30. The highest BCUT2D eigenvalue weighted by Crippen LogP contribution is 2.30. The lowest BCUT2D eigenvalue weighted by Crippen LogP contribution is -2.36. The highest BCUT2D eigenvalue weighted by Gasteiger charge is 2.19. The summed E-state index contributed by atoms with van der Waals surface area (Å²) in [7, 11) is 0. The molecular weight excluding hydrogens is 326 g/mol. The number of nitrogens with one attached hydrogen (secondary N) is 1. The number of hydrogen-bond donors (Lipinski definition) is 1. The van der Waals surface area contributed by atoms with Crippen molar-refractivity contribution in [1.82, 2.24) is 5.32 Å². The van der Waals surface area contributed by atoms with Crippen LogP contribution in [0, 0.1) is 0 Å². The number of fused-ring (bicyclic) bond motifs is 1. The number of carbonyl (C=O) groups is 1. The molecule has 0 bridgehead atoms. The van der Waals surface area contributed by atoms with Crippen molar-refractivity contribution in [3.63, 3.8) is 0 Å². The second kappa shape index (κ2) is 8.75. The summed E-state index contributed by atoms with van der Waals surface area (Å²) in [5.74, 6) is 1.59. The first kappa shape index (κ1) is 18.3. The summed E-state index contributed by atoms with van der Waals surface area (Å²) in [4.78, 5) is 12.4. The average molecular weight is 353 g/mol. The molecule has 1 atom stereocenters. The molecule has 0 aliphatic heterocycles. The molecular formula is C22H27NO3. The summed E-state index contributed by atoms with van der Waals surface area (Å²) in [5.41, 5.74) is 3.66. The third-order valence-corrected chi connectivity index (χ3v) is 4.73. The number of hydrogen-bond acceptors (Lipinski definition) is 3. The summed E-state index contributed by atoms with van der Waals surface area (Å²) >= 11 is 0. The van der Waals surface area contributed by atoms with E-state index in [1.165, 1.54) is 24.0 Å². The number of aryl methyl sites for hydroxylation is 1. The summed E-state index contributed by atoms with van der Waals surface area (Å²) in [6, 6.07) is 13.9. The SMILES string of the molecule is CCOc1ccc(CNC(=O)[C@H](C)Oc2cccc3c2CCCC3)cc1. The smallest absolute Gasteiger partial charge is 0.261 e. The molecule has 4 nitrogen and oxygen atoms in total. The van der Waals surface area contributed by atoms with Gasteiger partial charge in [0.2, 0.25) is 0 Å². The highest BCUT2D eigenvalue weighted by molar-refractivity contribution is 5.80. The minimum Gasteiger partial charge on any atom is -0.494 e. The van der Waals surface area contributed by atoms with E-state index in [4.69, 9.17) is 9.47 Å². The van der Waals surface area contributed by atoms with E-state index in [-0.39, 0.29) is 5.91 Å². The Morgan fingerprint density at radius 3 is 2.65 bits per heavy atom. The molecule has 138 valence electrons. The minimum atomic E-state index is -0.522. The van der Waals surface area contributed by atoms with Crippen LogP contribution in [-0.2, 0) is 24.2 Å². The van der Waals surface area contributed by atoms with Gasteiger partial charge in [-0.25, -0.2) is 0 Å². The standard InChI is InChI=1S/C22H27NO3/c1-3-25-19-13-11-17(12-14-19)15-23-22(24)16(2)26-21-10-6-8-18-7-4-5-9-20(18)21/h6,8,10-14,16H,3-5,7,9,15H2,1-2H3,(H,23,24)/t16-/m0/s1. The molecule has 2 aromatic carbocycles. The van der Waals surface area contributed by atoms with E-state index in [9.17, 15) is 4.79 Å². The summed E-state index contributed by atoms with van der Waals surface area (Å²) in [6.07, 6.45) is 4.03. The number of benzene rings is 2. The van der Waals surface area contributed by atoms with Crippen molar-refractivity contribution in [3.8, 4) is 11.5 Å². The molecule has 1 aliphatic rings. The molecule has 0 saturated heterocycles. The van der Waals surface area contributed by atoms with Gasteiger partial charge >= 0.3 is 0 Å². The molecule has 0 fully saturated rings. The Labute approximate surface area is 155 Å². The van der Waals surface area contributed by atoms with Crippen molar-refractivity contribution < 1.29 is 14.3 Å². The Bertz CT molecular complexity index is 740. The third-order valence-electron chi connectivity index (χ3n) is 4.73. The van der Waals surface area contributed by atoms with Crippen LogP contribution >= 0.6 is 0 Å². The number of carbonyl (C=O) groups excluding carboxylic acids is 1. The molecule has 0 aromatic heterocycles. The molecule has 0 heterocycles. The van der Waals surface area contributed by atoms with E-state index in [0.717, 1.165) is 29.9 Å². The van der Waals surface area contributed by atoms with Gasteiger partial charge in [0.05, 0.1) is 6.61 Å². The zero-order valence-electron chi connectivity index (χ0n) is 15.6. The lowest BCUT2D eigenvalue weighted by Gasteiger charge is -2.22. The monoisotopic (exact) mass is 353 g/mol. The summed E-state index contributed by atoms with van der Waals surface area (Å²) in [5, 5.41) is 2.95. The Hall–Kier alpha value is -2.49. The predicted octanol–water partition coefficient (Wildman–Crippen LogP) is 4.05. The van der Waals surface area contributed by atoms with Crippen LogP contribution in [0.5, 0.6) is 11.5 Å². The lowest BCUT2D eigenvalue weighted by molar-refractivity contribution is -0.127. The average Bonchev–Trinajstić information content (AvgIpc) is 2.67. The maximum Gasteiger partial charge on any atom is 0.261 e. The molecule has 1 aliphatic carbocycles. The molecule has 0 radical (unpaired) electrons. The van der Waals surface area contributed by atoms with Gasteiger partial charge in [0.15, 0.2) is 6.10 Å². The Morgan fingerprint density at radius 2 is 1.88 bits per heavy atom. The molecule has 2 aromatic rings. The number of ether oxygens (including phenoxy) is 2. The van der Waals surface area contributed by atoms with Gasteiger partial charge < -0.3 is 14.8 Å². The largest absolute Gasteiger partial charge is 0.494 e. The highest BCUT2D eigenvalue weighted by atomic mass is 16.5. The molecule has 1 amide bonds. The second-order valence-corrected chi connectivity index (χ2v) is 6.66. The lowest BCUT2D eigenvalue weighted by atomic mass is 9.91. The first-order chi connectivity index (χ1) is 12.7. The maximum atomic E-state index is 12.4. The Kier molecular flexibility index (Phi) is 6.16. The van der Waals surface area contributed by atoms with Crippen molar-refractivity contribution >= 4 is 5.91 Å². The van der Waals surface area contributed by atoms with Gasteiger partial charge in [-0.3, -0.25) is 4.79 Å². The van der Waals surface area contributed by atoms with Crippen LogP contribution in [-0.4, -0.2) is 18.6 Å². The molecule has 0 saturated carbocycles. The van der Waals surface area contributed by atoms with E-state index < -0.39 is 6.10 Å². The first-order valence-corrected chi connectivity index (χ1v) is 9.44. The van der Waals surface area contributed by atoms with Crippen molar-refractivity contribution in [1.29, 1.82) is 0 Å². The summed E-state index contributed by atoms with van der Waals surface area (Å²) in [6.45, 7) is 4.88. The quantitative estimate of drug-likeness (QED) is 0.817. The van der Waals surface area contributed by atoms with Crippen molar-refractivity contribution in [2.24, 2.45) is 0 Å². The van der Waals surface area contributed by atoms with Crippen LogP contribution in [0.1, 0.15) is 43.4 Å². The second-order valence-electron chi connectivity index (χ2n) is 6.66. The summed E-state index contributed by atoms with van der Waals surface area (Å²) < 4.78 is 11.4. The van der Waals surface area contributed by atoms with Crippen LogP contribution in [0.2, 0.25) is 0 Å². The van der Waals surface area contributed by atoms with E-state index >= 15 is 0 Å². The van der Waals surface area contributed by atoms with Crippen LogP contribution in [0.25, 0.3) is 0 Å². The first-order valence-electron chi connectivity index (χ1n) is 9.44. The predicted molar refractivity (Wildman–Crippen MR) is 103 cm³/mol. The van der Waals surface area contributed by atoms with Gasteiger partial charge in [0.25, 0.3) is 5.91 Å². The van der Waals surface area contributed by atoms with Crippen LogP contribution < -0.4 is 14.8 Å². The maximum absolute atomic E-state index is 12.4. The van der Waals surface area contributed by atoms with Gasteiger partial charge in [0, 0.05) is 6.54 Å². The molecule has 26 heavy (non-hydrogen) atoms. The molecule has 4 heteroatoms. The number of rotatable bonds is 7. The topological polar surface area (TPSA) is 47.6 Å². The Balaban J connectivity index is 1.55. The third kappa shape index (κ3) is 4.57. The molecule has 1 N–H and O–H groups in total. The van der Waals surface area contributed by atoms with Crippen molar-refractivity contribution in [2.75, 3.05) is 6.61 Å². The molecule has 0 spiro atoms. The van der Waals surface area contributed by atoms with E-state index in [1.807, 2.05) is 43.3 Å². The van der Waals surface area contributed by atoms with Gasteiger partial charge in [-0.1, -0.05) is 24.3 Å². The van der Waals surface area contributed by atoms with Gasteiger partial charge in [-0.15, -0.1) is 0 Å². The van der Waals surface area contributed by atoms with Crippen LogP contribution in [0.15, 0.2) is 42.5 Å². The zero-order valence-corrected chi connectivity index (χ0v) is 15.6. The van der Waals surface area contributed by atoms with E-state index in [1.54, 1.807) is 6.92 Å². The molecule has 0 unspecified atom stereocenters. The van der Waals surface area contributed by atoms with Crippen molar-refractivity contribution in [2.45, 2.75) is 52.2 Å². The van der Waals surface area contributed by atoms with Crippen LogP contribution in [0.4, 0.5) is 0 Å². The zero-order chi connectivity index (χ0) is 18.4. The Morgan fingerprint density at radius 1 is 1.12 bits per heavy atom. The van der Waals surface area contributed by atoms with Gasteiger partial charge in [-0.05, 0) is 74.4 Å². The number of amides is 1. The van der Waals surface area contributed by atoms with Gasteiger partial charge in [0.1, 0.15) is 11.5 Å².